The molecule has 88 valence electrons. The lowest BCUT2D eigenvalue weighted by Gasteiger charge is -2.38. The average Bonchev–Trinajstić information content (AvgIpc) is 2.34. The zero-order chi connectivity index (χ0) is 11.9. The second kappa shape index (κ2) is 3.56. The Morgan fingerprint density at radius 1 is 1.18 bits per heavy atom. The van der Waals surface area contributed by atoms with Crippen molar-refractivity contribution in [3.8, 4) is 0 Å². The van der Waals surface area contributed by atoms with E-state index in [0.29, 0.717) is 19.6 Å². The number of carbonyl (C=O) groups is 2. The van der Waals surface area contributed by atoms with Crippen LogP contribution in [0.4, 0.5) is 5.69 Å². The van der Waals surface area contributed by atoms with Crippen LogP contribution >= 0.6 is 0 Å². The molecule has 5 heteroatoms. The first kappa shape index (κ1) is 10.3. The Hall–Kier alpha value is -1.88. The number of fused-ring (bicyclic) bond motifs is 1. The summed E-state index contributed by atoms with van der Waals surface area (Å²) < 4.78 is 5.46. The number of hydrogen-bond donors (Lipinski definition) is 2. The van der Waals surface area contributed by atoms with Gasteiger partial charge in [-0.15, -0.1) is 0 Å². The van der Waals surface area contributed by atoms with Crippen LogP contribution in [-0.2, 0) is 20.7 Å². The molecule has 1 aromatic carbocycles. The Balaban J connectivity index is 2.04. The molecule has 0 aliphatic carbocycles. The molecule has 17 heavy (non-hydrogen) atoms. The highest BCUT2D eigenvalue weighted by molar-refractivity contribution is 6.16. The number of ether oxygens (including phenoxy) is 1. The summed E-state index contributed by atoms with van der Waals surface area (Å²) in [5, 5.41) is 5.41. The molecule has 1 saturated heterocycles. The van der Waals surface area contributed by atoms with Crippen LogP contribution in [0.15, 0.2) is 24.3 Å². The van der Waals surface area contributed by atoms with Gasteiger partial charge in [-0.05, 0) is 11.6 Å². The van der Waals surface area contributed by atoms with Gasteiger partial charge in [0.2, 0.25) is 5.60 Å². The quantitative estimate of drug-likeness (QED) is 0.622. The van der Waals surface area contributed by atoms with E-state index in [1.807, 2.05) is 24.3 Å². The van der Waals surface area contributed by atoms with Gasteiger partial charge in [-0.3, -0.25) is 9.59 Å². The van der Waals surface area contributed by atoms with Crippen LogP contribution in [-0.4, -0.2) is 30.6 Å². The first-order valence-corrected chi connectivity index (χ1v) is 5.54. The highest BCUT2D eigenvalue weighted by Gasteiger charge is 2.51. The lowest BCUT2D eigenvalue weighted by Crippen LogP contribution is -2.63. The standard InChI is InChI=1S/C12H12N2O3/c15-10-12(17-6-5-13-10)7-8-3-1-2-4-9(8)14-11(12)16/h1-4H,5-7H2,(H,13,15)(H,14,16). The predicted octanol–water partition coefficient (Wildman–Crippen LogP) is 0.0664. The SMILES string of the molecule is O=C1NCCOC12Cc1ccccc1NC2=O. The van der Waals surface area contributed by atoms with Gasteiger partial charge in [0.25, 0.3) is 11.8 Å². The maximum absolute atomic E-state index is 12.0. The van der Waals surface area contributed by atoms with Gasteiger partial charge < -0.3 is 15.4 Å². The molecule has 0 aromatic heterocycles. The highest BCUT2D eigenvalue weighted by Crippen LogP contribution is 2.31. The topological polar surface area (TPSA) is 67.4 Å². The minimum absolute atomic E-state index is 0.292. The molecule has 0 saturated carbocycles. The number of amides is 2. The number of rotatable bonds is 0. The van der Waals surface area contributed by atoms with E-state index in [9.17, 15) is 9.59 Å². The number of carbonyl (C=O) groups excluding carboxylic acids is 2. The second-order valence-corrected chi connectivity index (χ2v) is 4.22. The van der Waals surface area contributed by atoms with Crippen molar-refractivity contribution in [3.05, 3.63) is 29.8 Å². The highest BCUT2D eigenvalue weighted by atomic mass is 16.5. The van der Waals surface area contributed by atoms with E-state index >= 15 is 0 Å². The second-order valence-electron chi connectivity index (χ2n) is 4.22. The van der Waals surface area contributed by atoms with Gasteiger partial charge in [-0.2, -0.15) is 0 Å². The summed E-state index contributed by atoms with van der Waals surface area (Å²) in [6, 6.07) is 7.44. The fourth-order valence-corrected chi connectivity index (χ4v) is 2.27. The fraction of sp³-hybridized carbons (Fsp3) is 0.333. The molecule has 0 bridgehead atoms. The van der Waals surface area contributed by atoms with E-state index < -0.39 is 5.60 Å². The summed E-state index contributed by atoms with van der Waals surface area (Å²) in [5.74, 6) is -0.732. The molecule has 2 aliphatic rings. The molecule has 1 spiro atoms. The first-order valence-electron chi connectivity index (χ1n) is 5.54. The maximum atomic E-state index is 12.0. The van der Waals surface area contributed by atoms with Crippen molar-refractivity contribution in [2.75, 3.05) is 18.5 Å². The zero-order valence-corrected chi connectivity index (χ0v) is 9.16. The monoisotopic (exact) mass is 232 g/mol. The van der Waals surface area contributed by atoms with Crippen LogP contribution in [0.25, 0.3) is 0 Å². The van der Waals surface area contributed by atoms with Gasteiger partial charge in [0.15, 0.2) is 0 Å². The Bertz CT molecular complexity index is 500. The third-order valence-corrected chi connectivity index (χ3v) is 3.17. The normalized spacial score (nSPS) is 27.3. The molecule has 1 atom stereocenters. The average molecular weight is 232 g/mol. The largest absolute Gasteiger partial charge is 0.354 e. The summed E-state index contributed by atoms with van der Waals surface area (Å²) in [6.45, 7) is 0.816. The molecule has 3 rings (SSSR count). The van der Waals surface area contributed by atoms with Crippen molar-refractivity contribution in [1.29, 1.82) is 0 Å². The third-order valence-electron chi connectivity index (χ3n) is 3.17. The molecule has 1 unspecified atom stereocenters. The molecule has 2 heterocycles. The molecule has 2 amide bonds. The number of hydrogen-bond acceptors (Lipinski definition) is 3. The van der Waals surface area contributed by atoms with Crippen LogP contribution in [0.3, 0.4) is 0 Å². The van der Waals surface area contributed by atoms with E-state index in [-0.39, 0.29) is 11.8 Å². The van der Waals surface area contributed by atoms with Crippen molar-refractivity contribution >= 4 is 17.5 Å². The van der Waals surface area contributed by atoms with Gasteiger partial charge in [0.05, 0.1) is 6.61 Å². The van der Waals surface area contributed by atoms with Gasteiger partial charge in [0, 0.05) is 18.7 Å². The lowest BCUT2D eigenvalue weighted by atomic mass is 9.87. The van der Waals surface area contributed by atoms with E-state index in [1.165, 1.54) is 0 Å². The van der Waals surface area contributed by atoms with E-state index in [0.717, 1.165) is 11.3 Å². The van der Waals surface area contributed by atoms with E-state index in [1.54, 1.807) is 0 Å². The summed E-state index contributed by atoms with van der Waals surface area (Å²) in [5.41, 5.74) is 0.293. The van der Waals surface area contributed by atoms with Crippen molar-refractivity contribution < 1.29 is 14.3 Å². The predicted molar refractivity (Wildman–Crippen MR) is 60.5 cm³/mol. The molecule has 1 fully saturated rings. The van der Waals surface area contributed by atoms with Crippen LogP contribution in [0, 0.1) is 0 Å². The minimum Gasteiger partial charge on any atom is -0.354 e. The number of para-hydroxylation sites is 1. The van der Waals surface area contributed by atoms with Gasteiger partial charge >= 0.3 is 0 Å². The van der Waals surface area contributed by atoms with Crippen LogP contribution in [0.2, 0.25) is 0 Å². The number of benzene rings is 1. The molecule has 2 aliphatic heterocycles. The van der Waals surface area contributed by atoms with Crippen LogP contribution < -0.4 is 10.6 Å². The minimum atomic E-state index is -1.38. The summed E-state index contributed by atoms with van der Waals surface area (Å²) in [6.07, 6.45) is 0.292. The van der Waals surface area contributed by atoms with Crippen molar-refractivity contribution in [2.24, 2.45) is 0 Å². The van der Waals surface area contributed by atoms with Gasteiger partial charge in [-0.1, -0.05) is 18.2 Å². The molecule has 1 aromatic rings. The molecular weight excluding hydrogens is 220 g/mol. The third kappa shape index (κ3) is 1.43. The number of nitrogens with one attached hydrogen (secondary N) is 2. The zero-order valence-electron chi connectivity index (χ0n) is 9.16. The molecule has 0 radical (unpaired) electrons. The Kier molecular flexibility index (Phi) is 2.16. The van der Waals surface area contributed by atoms with Crippen molar-refractivity contribution in [2.45, 2.75) is 12.0 Å². The smallest absolute Gasteiger partial charge is 0.266 e. The Labute approximate surface area is 98.1 Å². The van der Waals surface area contributed by atoms with Gasteiger partial charge in [-0.25, -0.2) is 0 Å². The summed E-state index contributed by atoms with van der Waals surface area (Å²) >= 11 is 0. The fourth-order valence-electron chi connectivity index (χ4n) is 2.27. The van der Waals surface area contributed by atoms with Crippen LogP contribution in [0.1, 0.15) is 5.56 Å². The summed E-state index contributed by atoms with van der Waals surface area (Å²) in [7, 11) is 0. The molecule has 5 nitrogen and oxygen atoms in total. The lowest BCUT2D eigenvalue weighted by molar-refractivity contribution is -0.163. The Morgan fingerprint density at radius 3 is 2.82 bits per heavy atom. The summed E-state index contributed by atoms with van der Waals surface area (Å²) in [4.78, 5) is 23.9. The van der Waals surface area contributed by atoms with Gasteiger partial charge in [0.1, 0.15) is 0 Å². The first-order chi connectivity index (χ1) is 8.22. The number of anilines is 1. The molecule has 2 N–H and O–H groups in total. The maximum Gasteiger partial charge on any atom is 0.266 e. The van der Waals surface area contributed by atoms with E-state index in [4.69, 9.17) is 4.74 Å². The van der Waals surface area contributed by atoms with Crippen LogP contribution in [0.5, 0.6) is 0 Å². The molecular formula is C12H12N2O3. The van der Waals surface area contributed by atoms with E-state index in [2.05, 4.69) is 10.6 Å². The van der Waals surface area contributed by atoms with Crippen molar-refractivity contribution in [1.82, 2.24) is 5.32 Å². The Morgan fingerprint density at radius 2 is 2.00 bits per heavy atom. The number of morpholine rings is 1. The van der Waals surface area contributed by atoms with Crippen molar-refractivity contribution in [3.63, 3.8) is 0 Å².